The van der Waals surface area contributed by atoms with Gasteiger partial charge in [-0.15, -0.1) is 0 Å². The van der Waals surface area contributed by atoms with Gasteiger partial charge in [-0.1, -0.05) is 18.2 Å². The second-order valence-electron chi connectivity index (χ2n) is 3.22. The van der Waals surface area contributed by atoms with Gasteiger partial charge in [0.1, 0.15) is 0 Å². The molecule has 0 saturated heterocycles. The third-order valence-corrected chi connectivity index (χ3v) is 1.82. The lowest BCUT2D eigenvalue weighted by atomic mass is 10.2. The zero-order valence-electron chi connectivity index (χ0n) is 8.55. The van der Waals surface area contributed by atoms with Gasteiger partial charge in [0.2, 0.25) is 0 Å². The number of carbonyl (C=O) groups is 1. The summed E-state index contributed by atoms with van der Waals surface area (Å²) >= 11 is 0. The predicted octanol–water partition coefficient (Wildman–Crippen LogP) is 3.34. The van der Waals surface area contributed by atoms with Gasteiger partial charge in [0.15, 0.2) is 0 Å². The van der Waals surface area contributed by atoms with Crippen LogP contribution in [0.15, 0.2) is 30.3 Å². The van der Waals surface area contributed by atoms with Crippen molar-refractivity contribution in [3.63, 3.8) is 0 Å². The van der Waals surface area contributed by atoms with Crippen LogP contribution in [0.3, 0.4) is 0 Å². The van der Waals surface area contributed by atoms with Gasteiger partial charge in [0.05, 0.1) is 5.56 Å². The molecule has 1 rings (SSSR count). The maximum Gasteiger partial charge on any atom is 0.441 e. The standard InChI is InChI=1S/C10H6F6O2/c11-8(9(12,13)14)10(15,16)18-7(17)6-4-2-1-3-5-6/h1-5,8H. The Kier molecular flexibility index (Phi) is 3.88. The average Bonchev–Trinajstić information content (AvgIpc) is 2.27. The molecule has 1 unspecified atom stereocenters. The SMILES string of the molecule is O=C(OC(F)(F)C(F)C(F)(F)F)c1ccccc1. The molecule has 1 aromatic carbocycles. The second kappa shape index (κ2) is 4.87. The molecular weight excluding hydrogens is 266 g/mol. The third kappa shape index (κ3) is 3.38. The number of rotatable bonds is 3. The van der Waals surface area contributed by atoms with Crippen LogP contribution in [-0.2, 0) is 4.74 Å². The zero-order valence-corrected chi connectivity index (χ0v) is 8.55. The summed E-state index contributed by atoms with van der Waals surface area (Å²) in [5.41, 5.74) is -0.411. The summed E-state index contributed by atoms with van der Waals surface area (Å²) in [4.78, 5) is 11.1. The minimum atomic E-state index is -5.82. The molecule has 18 heavy (non-hydrogen) atoms. The fraction of sp³-hybridized carbons (Fsp3) is 0.300. The van der Waals surface area contributed by atoms with Crippen LogP contribution in [0, 0.1) is 0 Å². The molecule has 0 fully saturated rings. The Hall–Kier alpha value is -1.73. The molecule has 8 heteroatoms. The number of alkyl halides is 6. The number of esters is 1. The fourth-order valence-corrected chi connectivity index (χ4v) is 0.999. The van der Waals surface area contributed by atoms with Crippen LogP contribution in [-0.4, -0.2) is 24.4 Å². The molecule has 1 atom stereocenters. The van der Waals surface area contributed by atoms with Crippen molar-refractivity contribution in [1.29, 1.82) is 0 Å². The van der Waals surface area contributed by atoms with Crippen molar-refractivity contribution in [2.24, 2.45) is 0 Å². The van der Waals surface area contributed by atoms with Crippen molar-refractivity contribution in [2.75, 3.05) is 0 Å². The summed E-state index contributed by atoms with van der Waals surface area (Å²) in [6.07, 6.45) is -15.7. The third-order valence-electron chi connectivity index (χ3n) is 1.82. The van der Waals surface area contributed by atoms with E-state index in [2.05, 4.69) is 4.74 Å². The van der Waals surface area contributed by atoms with E-state index in [-0.39, 0.29) is 0 Å². The van der Waals surface area contributed by atoms with Crippen LogP contribution in [0.2, 0.25) is 0 Å². The summed E-state index contributed by atoms with van der Waals surface area (Å²) in [5, 5.41) is 0. The van der Waals surface area contributed by atoms with Crippen LogP contribution in [0.5, 0.6) is 0 Å². The van der Waals surface area contributed by atoms with Crippen LogP contribution < -0.4 is 0 Å². The minimum absolute atomic E-state index is 0.411. The van der Waals surface area contributed by atoms with E-state index < -0.39 is 30.0 Å². The number of hydrogen-bond donors (Lipinski definition) is 0. The van der Waals surface area contributed by atoms with Gasteiger partial charge in [-0.2, -0.15) is 22.0 Å². The Labute approximate surface area is 97.2 Å². The van der Waals surface area contributed by atoms with Gasteiger partial charge in [-0.25, -0.2) is 9.18 Å². The number of halogens is 6. The highest BCUT2D eigenvalue weighted by Crippen LogP contribution is 2.36. The van der Waals surface area contributed by atoms with E-state index >= 15 is 0 Å². The first kappa shape index (κ1) is 14.3. The molecule has 0 amide bonds. The Balaban J connectivity index is 2.81. The molecule has 100 valence electrons. The highest BCUT2D eigenvalue weighted by molar-refractivity contribution is 5.89. The van der Waals surface area contributed by atoms with Gasteiger partial charge >= 0.3 is 18.3 Å². The van der Waals surface area contributed by atoms with E-state index in [4.69, 9.17) is 0 Å². The van der Waals surface area contributed by atoms with Crippen molar-refractivity contribution in [1.82, 2.24) is 0 Å². The first-order chi connectivity index (χ1) is 8.14. The van der Waals surface area contributed by atoms with Crippen molar-refractivity contribution in [2.45, 2.75) is 18.5 Å². The Morgan fingerprint density at radius 3 is 2.00 bits per heavy atom. The van der Waals surface area contributed by atoms with Crippen LogP contribution in [0.25, 0.3) is 0 Å². The van der Waals surface area contributed by atoms with Crippen LogP contribution >= 0.6 is 0 Å². The highest BCUT2D eigenvalue weighted by Gasteiger charge is 2.60. The second-order valence-corrected chi connectivity index (χ2v) is 3.22. The molecule has 0 bridgehead atoms. The molecule has 0 N–H and O–H groups in total. The van der Waals surface area contributed by atoms with Crippen molar-refractivity contribution < 1.29 is 35.9 Å². The smallest absolute Gasteiger partial charge is 0.395 e. The van der Waals surface area contributed by atoms with Crippen LogP contribution in [0.1, 0.15) is 10.4 Å². The summed E-state index contributed by atoms with van der Waals surface area (Å²) in [5.74, 6) is -1.74. The monoisotopic (exact) mass is 272 g/mol. The first-order valence-electron chi connectivity index (χ1n) is 4.51. The lowest BCUT2D eigenvalue weighted by Gasteiger charge is -2.21. The Morgan fingerprint density at radius 1 is 1.06 bits per heavy atom. The van der Waals surface area contributed by atoms with Crippen LogP contribution in [0.4, 0.5) is 26.3 Å². The summed E-state index contributed by atoms with van der Waals surface area (Å²) in [6.45, 7) is 0. The topological polar surface area (TPSA) is 26.3 Å². The molecule has 1 aromatic rings. The van der Waals surface area contributed by atoms with Crippen molar-refractivity contribution in [3.05, 3.63) is 35.9 Å². The quantitative estimate of drug-likeness (QED) is 0.623. The Morgan fingerprint density at radius 2 is 1.56 bits per heavy atom. The van der Waals surface area contributed by atoms with Gasteiger partial charge in [-0.3, -0.25) is 0 Å². The Bertz CT molecular complexity index is 414. The predicted molar refractivity (Wildman–Crippen MR) is 47.8 cm³/mol. The van der Waals surface area contributed by atoms with E-state index in [1.807, 2.05) is 0 Å². The number of ether oxygens (including phenoxy) is 1. The molecule has 0 radical (unpaired) electrons. The normalized spacial score (nSPS) is 14.1. The van der Waals surface area contributed by atoms with E-state index in [9.17, 15) is 31.1 Å². The van der Waals surface area contributed by atoms with E-state index in [0.717, 1.165) is 12.1 Å². The number of benzene rings is 1. The number of carbonyl (C=O) groups excluding carboxylic acids is 1. The molecule has 0 aliphatic heterocycles. The lowest BCUT2D eigenvalue weighted by Crippen LogP contribution is -2.44. The van der Waals surface area contributed by atoms with Gasteiger partial charge < -0.3 is 4.74 Å². The average molecular weight is 272 g/mol. The van der Waals surface area contributed by atoms with Gasteiger partial charge in [0.25, 0.3) is 6.17 Å². The van der Waals surface area contributed by atoms with Crippen molar-refractivity contribution >= 4 is 5.97 Å². The molecule has 0 spiro atoms. The largest absolute Gasteiger partial charge is 0.441 e. The number of hydrogen-bond acceptors (Lipinski definition) is 2. The maximum atomic E-state index is 12.7. The molecule has 0 heterocycles. The first-order valence-corrected chi connectivity index (χ1v) is 4.51. The summed E-state index contributed by atoms with van der Waals surface area (Å²) < 4.78 is 76.3. The molecular formula is C10H6F6O2. The van der Waals surface area contributed by atoms with Gasteiger partial charge in [-0.05, 0) is 12.1 Å². The van der Waals surface area contributed by atoms with Crippen molar-refractivity contribution in [3.8, 4) is 0 Å². The minimum Gasteiger partial charge on any atom is -0.395 e. The lowest BCUT2D eigenvalue weighted by molar-refractivity contribution is -0.314. The van der Waals surface area contributed by atoms with Gasteiger partial charge in [0, 0.05) is 0 Å². The molecule has 2 nitrogen and oxygen atoms in total. The highest BCUT2D eigenvalue weighted by atomic mass is 19.4. The fourth-order valence-electron chi connectivity index (χ4n) is 0.999. The maximum absolute atomic E-state index is 12.7. The molecule has 0 aromatic heterocycles. The van der Waals surface area contributed by atoms with E-state index in [0.29, 0.717) is 0 Å². The zero-order chi connectivity index (χ0) is 14.0. The molecule has 0 aliphatic rings. The molecule has 0 aliphatic carbocycles. The summed E-state index contributed by atoms with van der Waals surface area (Å²) in [7, 11) is 0. The summed E-state index contributed by atoms with van der Waals surface area (Å²) in [6, 6.07) is 6.10. The van der Waals surface area contributed by atoms with E-state index in [1.54, 1.807) is 0 Å². The molecule has 0 saturated carbocycles. The van der Waals surface area contributed by atoms with E-state index in [1.165, 1.54) is 18.2 Å².